The summed E-state index contributed by atoms with van der Waals surface area (Å²) in [5.41, 5.74) is 5.20. The summed E-state index contributed by atoms with van der Waals surface area (Å²) in [6, 6.07) is 9.70. The van der Waals surface area contributed by atoms with Gasteiger partial charge in [0, 0.05) is 36.9 Å². The molecule has 0 amide bonds. The molecule has 0 atom stereocenters. The van der Waals surface area contributed by atoms with E-state index < -0.39 is 10.0 Å². The fourth-order valence-electron chi connectivity index (χ4n) is 3.19. The first-order chi connectivity index (χ1) is 12.0. The molecule has 25 heavy (non-hydrogen) atoms. The van der Waals surface area contributed by atoms with E-state index in [-0.39, 0.29) is 5.75 Å². The Kier molecular flexibility index (Phi) is 3.70. The van der Waals surface area contributed by atoms with Gasteiger partial charge in [-0.15, -0.1) is 0 Å². The quantitative estimate of drug-likeness (QED) is 0.781. The molecule has 0 saturated carbocycles. The van der Waals surface area contributed by atoms with Crippen molar-refractivity contribution in [2.24, 2.45) is 0 Å². The average Bonchev–Trinajstić information content (AvgIpc) is 2.83. The van der Waals surface area contributed by atoms with Gasteiger partial charge in [0.1, 0.15) is 0 Å². The van der Waals surface area contributed by atoms with Crippen molar-refractivity contribution in [3.8, 4) is 11.1 Å². The Balaban J connectivity index is 1.87. The molecule has 0 unspecified atom stereocenters. The maximum absolute atomic E-state index is 12.1. The van der Waals surface area contributed by atoms with Crippen molar-refractivity contribution in [3.63, 3.8) is 0 Å². The molecule has 0 fully saturated rings. The van der Waals surface area contributed by atoms with Gasteiger partial charge in [-0.1, -0.05) is 6.07 Å². The van der Waals surface area contributed by atoms with Gasteiger partial charge in [-0.05, 0) is 42.4 Å². The zero-order valence-corrected chi connectivity index (χ0v) is 14.8. The summed E-state index contributed by atoms with van der Waals surface area (Å²) in [7, 11) is 0.229. The van der Waals surface area contributed by atoms with E-state index in [1.165, 1.54) is 4.31 Å². The van der Waals surface area contributed by atoms with Crippen LogP contribution in [0.3, 0.4) is 0 Å². The van der Waals surface area contributed by atoms with Gasteiger partial charge in [-0.2, -0.15) is 0 Å². The number of nitrogens with one attached hydrogen (secondary N) is 1. The highest BCUT2D eigenvalue weighted by molar-refractivity contribution is 7.92. The molecule has 0 spiro atoms. The molecule has 3 heterocycles. The van der Waals surface area contributed by atoms with Crippen LogP contribution in [-0.4, -0.2) is 32.5 Å². The Labute approximate surface area is 146 Å². The fraction of sp³-hybridized carbons (Fsp3) is 0.222. The molecule has 1 aliphatic rings. The van der Waals surface area contributed by atoms with Crippen LogP contribution in [0.2, 0.25) is 0 Å². The second-order valence-corrected chi connectivity index (χ2v) is 8.16. The van der Waals surface area contributed by atoms with Crippen LogP contribution in [0, 0.1) is 0 Å². The van der Waals surface area contributed by atoms with Gasteiger partial charge in [0.15, 0.2) is 0 Å². The topological polar surface area (TPSA) is 75.2 Å². The molecule has 0 aliphatic carbocycles. The zero-order chi connectivity index (χ0) is 17.6. The Morgan fingerprint density at radius 2 is 2.04 bits per heavy atom. The van der Waals surface area contributed by atoms with Crippen LogP contribution >= 0.6 is 0 Å². The van der Waals surface area contributed by atoms with E-state index in [9.17, 15) is 8.42 Å². The Bertz CT molecular complexity index is 1080. The number of hydrogen-bond donors (Lipinski definition) is 1. The molecular weight excluding hydrogens is 336 g/mol. The summed E-state index contributed by atoms with van der Waals surface area (Å²) >= 11 is 0. The minimum Gasteiger partial charge on any atom is -0.314 e. The molecule has 1 aliphatic heterocycles. The second-order valence-electron chi connectivity index (χ2n) is 6.16. The Morgan fingerprint density at radius 1 is 1.20 bits per heavy atom. The van der Waals surface area contributed by atoms with Crippen molar-refractivity contribution in [1.82, 2.24) is 15.3 Å². The molecule has 0 radical (unpaired) electrons. The summed E-state index contributed by atoms with van der Waals surface area (Å²) in [6.07, 6.45) is 3.58. The highest BCUT2D eigenvalue weighted by atomic mass is 32.2. The van der Waals surface area contributed by atoms with E-state index >= 15 is 0 Å². The smallest absolute Gasteiger partial charge is 0.239 e. The van der Waals surface area contributed by atoms with E-state index in [0.29, 0.717) is 6.54 Å². The lowest BCUT2D eigenvalue weighted by Gasteiger charge is -2.12. The number of hydrogen-bond acceptors (Lipinski definition) is 5. The third kappa shape index (κ3) is 2.65. The summed E-state index contributed by atoms with van der Waals surface area (Å²) < 4.78 is 25.5. The van der Waals surface area contributed by atoms with E-state index in [4.69, 9.17) is 4.98 Å². The lowest BCUT2D eigenvalue weighted by Crippen LogP contribution is -2.20. The van der Waals surface area contributed by atoms with Crippen LogP contribution in [0.4, 0.5) is 5.69 Å². The Hall–Kier alpha value is -2.51. The predicted molar refractivity (Wildman–Crippen MR) is 98.8 cm³/mol. The molecular formula is C18H18N4O2S. The summed E-state index contributed by atoms with van der Waals surface area (Å²) in [5, 5.41) is 4.07. The minimum atomic E-state index is -3.25. The monoisotopic (exact) mass is 354 g/mol. The third-order valence-electron chi connectivity index (χ3n) is 4.50. The average molecular weight is 354 g/mol. The first-order valence-corrected chi connectivity index (χ1v) is 9.58. The number of anilines is 1. The maximum Gasteiger partial charge on any atom is 0.239 e. The summed E-state index contributed by atoms with van der Waals surface area (Å²) in [4.78, 5) is 9.06. The minimum absolute atomic E-state index is 0.0311. The van der Waals surface area contributed by atoms with E-state index in [1.54, 1.807) is 19.4 Å². The van der Waals surface area contributed by atoms with Gasteiger partial charge in [0.2, 0.25) is 10.0 Å². The molecule has 128 valence electrons. The molecule has 2 aromatic heterocycles. The zero-order valence-electron chi connectivity index (χ0n) is 14.0. The normalized spacial score (nSPS) is 15.5. The standard InChI is InChI=1S/C18H18N4O2S/c1-19-9-15-5-3-13-8-20-10-16(18(13)21-15)12-4-6-17-14(7-12)11-25(23,24)22(17)2/h3-8,10,19H,9,11H2,1-2H3. The van der Waals surface area contributed by atoms with Crippen LogP contribution in [0.15, 0.2) is 42.7 Å². The lowest BCUT2D eigenvalue weighted by atomic mass is 10.0. The van der Waals surface area contributed by atoms with Crippen molar-refractivity contribution >= 4 is 26.6 Å². The second kappa shape index (κ2) is 5.79. The van der Waals surface area contributed by atoms with Crippen LogP contribution in [0.1, 0.15) is 11.3 Å². The van der Waals surface area contributed by atoms with Crippen molar-refractivity contribution in [1.29, 1.82) is 0 Å². The van der Waals surface area contributed by atoms with Crippen LogP contribution in [-0.2, 0) is 22.3 Å². The van der Waals surface area contributed by atoms with Gasteiger partial charge >= 0.3 is 0 Å². The number of nitrogens with zero attached hydrogens (tertiary/aromatic N) is 3. The maximum atomic E-state index is 12.1. The molecule has 1 aromatic carbocycles. The van der Waals surface area contributed by atoms with Crippen molar-refractivity contribution in [3.05, 3.63) is 54.0 Å². The van der Waals surface area contributed by atoms with Crippen LogP contribution in [0.25, 0.3) is 22.0 Å². The van der Waals surface area contributed by atoms with Crippen molar-refractivity contribution < 1.29 is 8.42 Å². The molecule has 0 bridgehead atoms. The summed E-state index contributed by atoms with van der Waals surface area (Å²) in [6.45, 7) is 0.685. The van der Waals surface area contributed by atoms with Gasteiger partial charge in [0.05, 0.1) is 22.7 Å². The van der Waals surface area contributed by atoms with Gasteiger partial charge in [0.25, 0.3) is 0 Å². The lowest BCUT2D eigenvalue weighted by molar-refractivity contribution is 0.596. The number of rotatable bonds is 3. The largest absolute Gasteiger partial charge is 0.314 e. The highest BCUT2D eigenvalue weighted by Gasteiger charge is 2.30. The molecule has 6 nitrogen and oxygen atoms in total. The molecule has 1 N–H and O–H groups in total. The first-order valence-electron chi connectivity index (χ1n) is 7.98. The van der Waals surface area contributed by atoms with E-state index in [2.05, 4.69) is 10.3 Å². The van der Waals surface area contributed by atoms with E-state index in [1.807, 2.05) is 37.4 Å². The number of aromatic nitrogens is 2. The molecule has 3 aromatic rings. The highest BCUT2D eigenvalue weighted by Crippen LogP contribution is 2.36. The number of sulfonamides is 1. The molecule has 4 rings (SSSR count). The first kappa shape index (κ1) is 16.0. The summed E-state index contributed by atoms with van der Waals surface area (Å²) in [5.74, 6) is 0.0311. The van der Waals surface area contributed by atoms with Crippen molar-refractivity contribution in [2.75, 3.05) is 18.4 Å². The van der Waals surface area contributed by atoms with Crippen molar-refractivity contribution in [2.45, 2.75) is 12.3 Å². The third-order valence-corrected chi connectivity index (χ3v) is 6.21. The van der Waals surface area contributed by atoms with Gasteiger partial charge in [-0.3, -0.25) is 14.3 Å². The van der Waals surface area contributed by atoms with Crippen LogP contribution in [0.5, 0.6) is 0 Å². The number of fused-ring (bicyclic) bond motifs is 2. The van der Waals surface area contributed by atoms with Crippen LogP contribution < -0.4 is 9.62 Å². The molecule has 7 heteroatoms. The van der Waals surface area contributed by atoms with E-state index in [0.717, 1.165) is 39.0 Å². The molecule has 0 saturated heterocycles. The SMILES string of the molecule is CNCc1ccc2cncc(-c3ccc4c(c3)CS(=O)(=O)N4C)c2n1. The number of benzene rings is 1. The number of pyridine rings is 2. The van der Waals surface area contributed by atoms with Gasteiger partial charge in [-0.25, -0.2) is 8.42 Å². The fourth-order valence-corrected chi connectivity index (χ4v) is 4.49. The predicted octanol–water partition coefficient (Wildman–Crippen LogP) is 2.30. The Morgan fingerprint density at radius 3 is 2.84 bits per heavy atom. The van der Waals surface area contributed by atoms with Gasteiger partial charge < -0.3 is 5.32 Å².